The first-order valence-electron chi connectivity index (χ1n) is 4.12. The van der Waals surface area contributed by atoms with E-state index in [2.05, 4.69) is 20.9 Å². The maximum atomic E-state index is 13.3. The Balaban J connectivity index is 2.53. The van der Waals surface area contributed by atoms with Crippen LogP contribution in [0.25, 0.3) is 0 Å². The first kappa shape index (κ1) is 9.06. The van der Waals surface area contributed by atoms with E-state index in [4.69, 9.17) is 0 Å². The lowest BCUT2D eigenvalue weighted by Crippen LogP contribution is -2.22. The molecular weight excluding hydrogens is 240 g/mol. The van der Waals surface area contributed by atoms with Crippen LogP contribution >= 0.6 is 15.9 Å². The molecule has 0 radical (unpaired) electrons. The smallest absolute Gasteiger partial charge is 0.254 e. The minimum Gasteiger partial charge on any atom is -0.254 e. The van der Waals surface area contributed by atoms with Crippen molar-refractivity contribution >= 4 is 15.9 Å². The Morgan fingerprint density at radius 3 is 3.00 bits per heavy atom. The molecule has 0 bridgehead atoms. The van der Waals surface area contributed by atoms with Crippen molar-refractivity contribution in [2.75, 3.05) is 0 Å². The van der Waals surface area contributed by atoms with Crippen molar-refractivity contribution in [2.24, 2.45) is 0 Å². The van der Waals surface area contributed by atoms with Crippen molar-refractivity contribution < 1.29 is 8.78 Å². The van der Waals surface area contributed by atoms with Gasteiger partial charge >= 0.3 is 0 Å². The van der Waals surface area contributed by atoms with Gasteiger partial charge in [0, 0.05) is 17.1 Å². The van der Waals surface area contributed by atoms with Gasteiger partial charge in [-0.1, -0.05) is 0 Å². The van der Waals surface area contributed by atoms with Gasteiger partial charge in [-0.05, 0) is 40.4 Å². The summed E-state index contributed by atoms with van der Waals surface area (Å²) in [5.41, 5.74) is 0.632. The van der Waals surface area contributed by atoms with E-state index in [0.29, 0.717) is 18.4 Å². The summed E-state index contributed by atoms with van der Waals surface area (Å²) in [6.07, 6.45) is 2.60. The summed E-state index contributed by atoms with van der Waals surface area (Å²) in [6.45, 7) is 0. The number of hydrogen-bond donors (Lipinski definition) is 0. The summed E-state index contributed by atoms with van der Waals surface area (Å²) in [5.74, 6) is -2.73. The number of nitrogens with zero attached hydrogens (tertiary/aromatic N) is 1. The zero-order valence-electron chi connectivity index (χ0n) is 6.86. The second kappa shape index (κ2) is 3.01. The molecule has 0 N–H and O–H groups in total. The molecule has 1 aliphatic rings. The maximum absolute atomic E-state index is 13.3. The number of fused-ring (bicyclic) bond motifs is 1. The van der Waals surface area contributed by atoms with Gasteiger partial charge in [-0.25, -0.2) is 0 Å². The zero-order chi connectivity index (χ0) is 9.47. The lowest BCUT2D eigenvalue weighted by Gasteiger charge is -2.23. The van der Waals surface area contributed by atoms with E-state index in [9.17, 15) is 8.78 Å². The Bertz CT molecular complexity index is 338. The molecule has 0 atom stereocenters. The van der Waals surface area contributed by atoms with Gasteiger partial charge in [0.1, 0.15) is 5.69 Å². The van der Waals surface area contributed by atoms with Crippen molar-refractivity contribution in [3.05, 3.63) is 28.0 Å². The fraction of sp³-hybridized carbons (Fsp3) is 0.444. The van der Waals surface area contributed by atoms with E-state index in [1.54, 1.807) is 6.07 Å². The predicted octanol–water partition coefficient (Wildman–Crippen LogP) is 3.27. The third-order valence-electron chi connectivity index (χ3n) is 2.22. The molecule has 13 heavy (non-hydrogen) atoms. The van der Waals surface area contributed by atoms with Crippen LogP contribution in [-0.4, -0.2) is 4.98 Å². The van der Waals surface area contributed by atoms with Crippen LogP contribution in [-0.2, 0) is 12.3 Å². The van der Waals surface area contributed by atoms with Gasteiger partial charge in [0.2, 0.25) is 0 Å². The molecule has 1 aromatic heterocycles. The Kier molecular flexibility index (Phi) is 2.10. The predicted molar refractivity (Wildman–Crippen MR) is 48.8 cm³/mol. The highest BCUT2D eigenvalue weighted by molar-refractivity contribution is 9.10. The highest BCUT2D eigenvalue weighted by Gasteiger charge is 2.37. The number of aryl methyl sites for hydroxylation is 1. The molecule has 1 heterocycles. The van der Waals surface area contributed by atoms with Gasteiger partial charge in [-0.15, -0.1) is 0 Å². The van der Waals surface area contributed by atoms with Crippen LogP contribution < -0.4 is 0 Å². The van der Waals surface area contributed by atoms with E-state index in [1.165, 1.54) is 6.20 Å². The molecule has 0 aliphatic heterocycles. The molecule has 4 heteroatoms. The second-order valence-electron chi connectivity index (χ2n) is 3.22. The summed E-state index contributed by atoms with van der Waals surface area (Å²) >= 11 is 3.22. The molecule has 2 rings (SSSR count). The van der Waals surface area contributed by atoms with Gasteiger partial charge in [-0.3, -0.25) is 4.98 Å². The molecule has 0 unspecified atom stereocenters. The molecule has 0 saturated heterocycles. The minimum absolute atomic E-state index is 0.0399. The average molecular weight is 248 g/mol. The first-order valence-corrected chi connectivity index (χ1v) is 4.91. The van der Waals surface area contributed by atoms with Gasteiger partial charge in [0.25, 0.3) is 5.92 Å². The molecule has 1 nitrogen and oxygen atoms in total. The summed E-state index contributed by atoms with van der Waals surface area (Å²) < 4.78 is 27.3. The highest BCUT2D eigenvalue weighted by atomic mass is 79.9. The summed E-state index contributed by atoms with van der Waals surface area (Å²) in [6, 6.07) is 1.73. The normalized spacial score (nSPS) is 19.6. The molecular formula is C9H8BrF2N. The molecule has 1 aromatic rings. The largest absolute Gasteiger partial charge is 0.289 e. The van der Waals surface area contributed by atoms with Crippen LogP contribution in [0.2, 0.25) is 0 Å². The van der Waals surface area contributed by atoms with Gasteiger partial charge in [0.15, 0.2) is 0 Å². The van der Waals surface area contributed by atoms with E-state index in [0.717, 1.165) is 4.47 Å². The summed E-state index contributed by atoms with van der Waals surface area (Å²) in [4.78, 5) is 3.77. The Labute approximate surface area is 83.3 Å². The van der Waals surface area contributed by atoms with E-state index in [-0.39, 0.29) is 12.1 Å². The molecule has 0 spiro atoms. The molecule has 0 amide bonds. The number of rotatable bonds is 0. The first-order chi connectivity index (χ1) is 6.09. The van der Waals surface area contributed by atoms with Gasteiger partial charge in [0.05, 0.1) is 0 Å². The minimum atomic E-state index is -2.73. The van der Waals surface area contributed by atoms with E-state index < -0.39 is 5.92 Å². The maximum Gasteiger partial charge on any atom is 0.289 e. The highest BCUT2D eigenvalue weighted by Crippen LogP contribution is 2.39. The third kappa shape index (κ3) is 1.59. The van der Waals surface area contributed by atoms with Crippen LogP contribution in [0.15, 0.2) is 16.7 Å². The van der Waals surface area contributed by atoms with Crippen molar-refractivity contribution in [3.8, 4) is 0 Å². The standard InChI is InChI=1S/C9H8BrF2N/c10-7-4-6-2-1-3-9(11,12)8(6)13-5-7/h4-5H,1-3H2. The number of alkyl halides is 2. The fourth-order valence-electron chi connectivity index (χ4n) is 1.62. The quantitative estimate of drug-likeness (QED) is 0.686. The average Bonchev–Trinajstić information content (AvgIpc) is 2.02. The van der Waals surface area contributed by atoms with Crippen molar-refractivity contribution in [2.45, 2.75) is 25.2 Å². The van der Waals surface area contributed by atoms with Crippen LogP contribution in [0.5, 0.6) is 0 Å². The van der Waals surface area contributed by atoms with Crippen molar-refractivity contribution in [1.82, 2.24) is 4.98 Å². The number of hydrogen-bond acceptors (Lipinski definition) is 1. The lowest BCUT2D eigenvalue weighted by molar-refractivity contribution is -0.0263. The number of halogens is 3. The van der Waals surface area contributed by atoms with E-state index >= 15 is 0 Å². The van der Waals surface area contributed by atoms with Crippen LogP contribution in [0.1, 0.15) is 24.1 Å². The van der Waals surface area contributed by atoms with E-state index in [1.807, 2.05) is 0 Å². The van der Waals surface area contributed by atoms with Gasteiger partial charge in [-0.2, -0.15) is 8.78 Å². The van der Waals surface area contributed by atoms with Crippen LogP contribution in [0.4, 0.5) is 8.78 Å². The summed E-state index contributed by atoms with van der Waals surface area (Å²) in [5, 5.41) is 0. The van der Waals surface area contributed by atoms with Crippen LogP contribution in [0, 0.1) is 0 Å². The molecule has 70 valence electrons. The summed E-state index contributed by atoms with van der Waals surface area (Å²) in [7, 11) is 0. The number of pyridine rings is 1. The monoisotopic (exact) mass is 247 g/mol. The second-order valence-corrected chi connectivity index (χ2v) is 4.13. The molecule has 0 saturated carbocycles. The lowest BCUT2D eigenvalue weighted by atomic mass is 9.93. The topological polar surface area (TPSA) is 12.9 Å². The third-order valence-corrected chi connectivity index (χ3v) is 2.65. The Hall–Kier alpha value is -0.510. The zero-order valence-corrected chi connectivity index (χ0v) is 8.44. The Morgan fingerprint density at radius 2 is 2.23 bits per heavy atom. The molecule has 0 aromatic carbocycles. The SMILES string of the molecule is FC1(F)CCCc2cc(Br)cnc21. The number of aromatic nitrogens is 1. The van der Waals surface area contributed by atoms with Gasteiger partial charge < -0.3 is 0 Å². The Morgan fingerprint density at radius 1 is 1.46 bits per heavy atom. The molecule has 1 aliphatic carbocycles. The fourth-order valence-corrected chi connectivity index (χ4v) is 2.00. The van der Waals surface area contributed by atoms with Crippen LogP contribution in [0.3, 0.4) is 0 Å². The van der Waals surface area contributed by atoms with Crippen molar-refractivity contribution in [3.63, 3.8) is 0 Å². The van der Waals surface area contributed by atoms with Crippen molar-refractivity contribution in [1.29, 1.82) is 0 Å². The molecule has 0 fully saturated rings.